The summed E-state index contributed by atoms with van der Waals surface area (Å²) in [6.07, 6.45) is -3.69. The van der Waals surface area contributed by atoms with E-state index in [-0.39, 0.29) is 17.6 Å². The topological polar surface area (TPSA) is 59.8 Å². The van der Waals surface area contributed by atoms with Crippen LogP contribution in [0.5, 0.6) is 0 Å². The molecule has 0 radical (unpaired) electrons. The summed E-state index contributed by atoms with van der Waals surface area (Å²) in [5.41, 5.74) is 2.98. The molecule has 1 aliphatic carbocycles. The number of ketones is 1. The highest BCUT2D eigenvalue weighted by Gasteiger charge is 2.42. The van der Waals surface area contributed by atoms with E-state index in [9.17, 15) is 18.0 Å². The van der Waals surface area contributed by atoms with Crippen LogP contribution < -0.4 is 5.32 Å². The smallest absolute Gasteiger partial charge is 0.328 e. The summed E-state index contributed by atoms with van der Waals surface area (Å²) in [5.74, 6) is -0.800. The van der Waals surface area contributed by atoms with Crippen molar-refractivity contribution in [3.8, 4) is 0 Å². The number of hydrogen-bond donors (Lipinski definition) is 1. The Bertz CT molecular complexity index is 957. The Balaban J connectivity index is 1.87. The lowest BCUT2D eigenvalue weighted by atomic mass is 9.81. The van der Waals surface area contributed by atoms with Crippen LogP contribution in [0.3, 0.4) is 0 Å². The summed E-state index contributed by atoms with van der Waals surface area (Å²) in [6, 6.07) is 6.90. The molecule has 0 amide bonds. The van der Waals surface area contributed by atoms with Gasteiger partial charge in [0.05, 0.1) is 0 Å². The first-order valence-corrected chi connectivity index (χ1v) is 9.32. The summed E-state index contributed by atoms with van der Waals surface area (Å²) in [7, 11) is 0. The molecule has 5 nitrogen and oxygen atoms in total. The van der Waals surface area contributed by atoms with E-state index in [1.807, 2.05) is 31.2 Å². The van der Waals surface area contributed by atoms with E-state index >= 15 is 0 Å². The number of halogens is 3. The van der Waals surface area contributed by atoms with Crippen molar-refractivity contribution in [3.63, 3.8) is 0 Å². The van der Waals surface area contributed by atoms with Gasteiger partial charge in [-0.25, -0.2) is 4.68 Å². The minimum Gasteiger partial charge on any atom is -0.328 e. The maximum Gasteiger partial charge on any atom is 0.453 e. The molecule has 4 rings (SSSR count). The molecule has 2 atom stereocenters. The van der Waals surface area contributed by atoms with Gasteiger partial charge in [0.15, 0.2) is 5.78 Å². The van der Waals surface area contributed by atoms with Crippen LogP contribution in [0, 0.1) is 5.92 Å². The number of anilines is 1. The zero-order valence-corrected chi connectivity index (χ0v) is 15.8. The normalized spacial score (nSPS) is 22.2. The second-order valence-electron chi connectivity index (χ2n) is 7.88. The van der Waals surface area contributed by atoms with Gasteiger partial charge < -0.3 is 5.32 Å². The molecule has 0 saturated carbocycles. The lowest BCUT2D eigenvalue weighted by molar-refractivity contribution is -0.145. The average molecular weight is 390 g/mol. The van der Waals surface area contributed by atoms with Crippen LogP contribution in [0.2, 0.25) is 0 Å². The summed E-state index contributed by atoms with van der Waals surface area (Å²) in [4.78, 5) is 16.5. The molecule has 2 unspecified atom stereocenters. The third kappa shape index (κ3) is 3.10. The van der Waals surface area contributed by atoms with Gasteiger partial charge >= 0.3 is 6.18 Å². The first-order valence-electron chi connectivity index (χ1n) is 9.32. The van der Waals surface area contributed by atoms with Gasteiger partial charge in [0, 0.05) is 17.7 Å². The maximum atomic E-state index is 13.2. The first-order chi connectivity index (χ1) is 13.1. The van der Waals surface area contributed by atoms with Crippen LogP contribution in [0.15, 0.2) is 35.5 Å². The van der Waals surface area contributed by atoms with E-state index in [2.05, 4.69) is 29.2 Å². The van der Waals surface area contributed by atoms with Gasteiger partial charge in [-0.3, -0.25) is 4.79 Å². The molecule has 8 heteroatoms. The van der Waals surface area contributed by atoms with Gasteiger partial charge in [0.2, 0.25) is 5.95 Å². The van der Waals surface area contributed by atoms with Crippen molar-refractivity contribution < 1.29 is 18.0 Å². The Hall–Kier alpha value is -2.64. The van der Waals surface area contributed by atoms with E-state index in [1.54, 1.807) is 0 Å². The Morgan fingerprint density at radius 1 is 1.18 bits per heavy atom. The van der Waals surface area contributed by atoms with E-state index < -0.39 is 18.0 Å². The van der Waals surface area contributed by atoms with Crippen molar-refractivity contribution in [2.45, 2.75) is 51.7 Å². The van der Waals surface area contributed by atoms with Crippen LogP contribution in [0.1, 0.15) is 62.5 Å². The Morgan fingerprint density at radius 3 is 2.46 bits per heavy atom. The molecule has 0 bridgehead atoms. The number of hydrogen-bond acceptors (Lipinski definition) is 4. The summed E-state index contributed by atoms with van der Waals surface area (Å²) in [5, 5.41) is 6.64. The number of fused-ring (bicyclic) bond motifs is 1. The molecule has 1 aromatic carbocycles. The van der Waals surface area contributed by atoms with Crippen molar-refractivity contribution in [1.29, 1.82) is 0 Å². The summed E-state index contributed by atoms with van der Waals surface area (Å²) >= 11 is 0. The summed E-state index contributed by atoms with van der Waals surface area (Å²) < 4.78 is 40.8. The minimum atomic E-state index is -4.66. The molecule has 0 spiro atoms. The Labute approximate surface area is 160 Å². The number of carbonyl (C=O) groups is 1. The number of carbonyl (C=O) groups excluding carboxylic acids is 1. The Kier molecular flexibility index (Phi) is 4.32. The number of allylic oxidation sites excluding steroid dienone is 2. The quantitative estimate of drug-likeness (QED) is 0.808. The highest BCUT2D eigenvalue weighted by Crippen LogP contribution is 2.42. The predicted octanol–water partition coefficient (Wildman–Crippen LogP) is 4.69. The third-order valence-corrected chi connectivity index (χ3v) is 5.30. The van der Waals surface area contributed by atoms with Crippen LogP contribution >= 0.6 is 0 Å². The molecule has 1 N–H and O–H groups in total. The standard InChI is InChI=1S/C20H21F3N4O/c1-10(2)12-4-6-13(7-5-12)17-16-14(8-11(3)9-15(16)28)24-19-25-18(20(21,22)23)26-27(17)19/h4-7,10-11,17H,8-9H2,1-3H3,(H,24,25,26). The zero-order valence-electron chi connectivity index (χ0n) is 15.8. The average Bonchev–Trinajstić information content (AvgIpc) is 3.03. The number of aromatic nitrogens is 3. The highest BCUT2D eigenvalue weighted by molar-refractivity contribution is 5.99. The first kappa shape index (κ1) is 18.7. The second kappa shape index (κ2) is 6.46. The number of nitrogens with zero attached hydrogens (tertiary/aromatic N) is 3. The van der Waals surface area contributed by atoms with Crippen molar-refractivity contribution in [1.82, 2.24) is 14.8 Å². The fraction of sp³-hybridized carbons (Fsp3) is 0.450. The van der Waals surface area contributed by atoms with E-state index in [4.69, 9.17) is 0 Å². The van der Waals surface area contributed by atoms with Crippen molar-refractivity contribution >= 4 is 11.7 Å². The van der Waals surface area contributed by atoms with Gasteiger partial charge in [-0.15, -0.1) is 5.10 Å². The number of Topliss-reactive ketones (excluding diaryl/α,β-unsaturated/α-hetero) is 1. The fourth-order valence-corrected chi connectivity index (χ4v) is 3.90. The van der Waals surface area contributed by atoms with Crippen molar-refractivity contribution in [3.05, 3.63) is 52.5 Å². The number of benzene rings is 1. The van der Waals surface area contributed by atoms with Crippen LogP contribution in [-0.4, -0.2) is 20.5 Å². The second-order valence-corrected chi connectivity index (χ2v) is 7.88. The van der Waals surface area contributed by atoms with E-state index in [1.165, 1.54) is 4.68 Å². The van der Waals surface area contributed by atoms with Gasteiger partial charge in [-0.2, -0.15) is 18.2 Å². The number of alkyl halides is 3. The highest BCUT2D eigenvalue weighted by atomic mass is 19.4. The maximum absolute atomic E-state index is 13.2. The van der Waals surface area contributed by atoms with Gasteiger partial charge in [0.1, 0.15) is 6.04 Å². The molecular formula is C20H21F3N4O. The lowest BCUT2D eigenvalue weighted by Crippen LogP contribution is -2.33. The molecule has 1 aromatic heterocycles. The molecule has 148 valence electrons. The Morgan fingerprint density at radius 2 is 1.86 bits per heavy atom. The van der Waals surface area contributed by atoms with E-state index in [0.29, 0.717) is 30.0 Å². The molecule has 0 saturated heterocycles. The van der Waals surface area contributed by atoms with Gasteiger partial charge in [0.25, 0.3) is 5.82 Å². The molecule has 2 aromatic rings. The van der Waals surface area contributed by atoms with Crippen LogP contribution in [0.25, 0.3) is 0 Å². The molecule has 2 aliphatic rings. The SMILES string of the molecule is CC1CC(=O)C2=C(C1)Nc1nc(C(F)(F)F)nn1C2c1ccc(C(C)C)cc1. The largest absolute Gasteiger partial charge is 0.453 e. The minimum absolute atomic E-state index is 0.0194. The summed E-state index contributed by atoms with van der Waals surface area (Å²) in [6.45, 7) is 6.09. The van der Waals surface area contributed by atoms with Crippen molar-refractivity contribution in [2.24, 2.45) is 5.92 Å². The predicted molar refractivity (Wildman–Crippen MR) is 97.7 cm³/mol. The fourth-order valence-electron chi connectivity index (χ4n) is 3.90. The van der Waals surface area contributed by atoms with Crippen molar-refractivity contribution in [2.75, 3.05) is 5.32 Å². The molecule has 2 heterocycles. The molecule has 28 heavy (non-hydrogen) atoms. The monoisotopic (exact) mass is 390 g/mol. The van der Waals surface area contributed by atoms with Gasteiger partial charge in [-0.1, -0.05) is 45.0 Å². The third-order valence-electron chi connectivity index (χ3n) is 5.30. The lowest BCUT2D eigenvalue weighted by Gasteiger charge is -2.34. The van der Waals surface area contributed by atoms with E-state index in [0.717, 1.165) is 11.1 Å². The van der Waals surface area contributed by atoms with Crippen LogP contribution in [0.4, 0.5) is 19.1 Å². The number of nitrogens with one attached hydrogen (secondary N) is 1. The molecule has 0 fully saturated rings. The number of rotatable bonds is 2. The molecular weight excluding hydrogens is 369 g/mol. The molecule has 1 aliphatic heterocycles. The van der Waals surface area contributed by atoms with Crippen LogP contribution in [-0.2, 0) is 11.0 Å². The van der Waals surface area contributed by atoms with Gasteiger partial charge in [-0.05, 0) is 29.4 Å². The zero-order chi connectivity index (χ0) is 20.2.